The molecular weight excluding hydrogens is 418 g/mol. The molecule has 1 aliphatic heterocycles. The molecule has 2 aromatic rings. The molecule has 5 nitrogen and oxygen atoms in total. The van der Waals surface area contributed by atoms with Crippen molar-refractivity contribution in [3.8, 4) is 11.5 Å². The highest BCUT2D eigenvalue weighted by Gasteiger charge is 2.26. The number of benzene rings is 2. The number of halogens is 2. The van der Waals surface area contributed by atoms with E-state index in [1.54, 1.807) is 31.2 Å². The molecule has 8 heteroatoms. The van der Waals surface area contributed by atoms with Gasteiger partial charge < -0.3 is 9.47 Å². The summed E-state index contributed by atoms with van der Waals surface area (Å²) in [7, 11) is -3.74. The Labute approximate surface area is 154 Å². The summed E-state index contributed by atoms with van der Waals surface area (Å²) in [5.74, 6) is 0.988. The standard InChI is InChI=1S/C16H15BrClNO4S/c1-2-19(11-3-5-13(17)14(18)9-11)24(20,21)12-4-6-15-16(10-12)23-8-7-22-15/h3-6,9-10H,2,7-8H2,1H3. The summed E-state index contributed by atoms with van der Waals surface area (Å²) >= 11 is 9.41. The number of nitrogens with zero attached hydrogens (tertiary/aromatic N) is 1. The zero-order valence-corrected chi connectivity index (χ0v) is 16.0. The average Bonchev–Trinajstić information content (AvgIpc) is 2.58. The van der Waals surface area contributed by atoms with Crippen LogP contribution in [0.2, 0.25) is 5.02 Å². The second-order valence-corrected chi connectivity index (χ2v) is 8.20. The van der Waals surface area contributed by atoms with Crippen LogP contribution in [0.25, 0.3) is 0 Å². The number of rotatable bonds is 4. The molecule has 0 saturated carbocycles. The van der Waals surface area contributed by atoms with Crippen LogP contribution in [0, 0.1) is 0 Å². The van der Waals surface area contributed by atoms with E-state index in [0.717, 1.165) is 0 Å². The van der Waals surface area contributed by atoms with Gasteiger partial charge >= 0.3 is 0 Å². The van der Waals surface area contributed by atoms with Crippen LogP contribution < -0.4 is 13.8 Å². The maximum absolute atomic E-state index is 13.0. The van der Waals surface area contributed by atoms with Crippen molar-refractivity contribution >= 4 is 43.2 Å². The number of hydrogen-bond donors (Lipinski definition) is 0. The summed E-state index contributed by atoms with van der Waals surface area (Å²) in [6.07, 6.45) is 0. The predicted molar refractivity (Wildman–Crippen MR) is 96.8 cm³/mol. The molecule has 0 radical (unpaired) electrons. The van der Waals surface area contributed by atoms with Gasteiger partial charge in [0.1, 0.15) is 13.2 Å². The first-order valence-corrected chi connectivity index (χ1v) is 9.92. The molecule has 0 atom stereocenters. The molecule has 128 valence electrons. The molecule has 0 N–H and O–H groups in total. The number of hydrogen-bond acceptors (Lipinski definition) is 4. The van der Waals surface area contributed by atoms with E-state index in [2.05, 4.69) is 15.9 Å². The molecule has 0 unspecified atom stereocenters. The Morgan fingerprint density at radius 3 is 2.50 bits per heavy atom. The number of anilines is 1. The lowest BCUT2D eigenvalue weighted by Gasteiger charge is -2.24. The molecule has 0 saturated heterocycles. The van der Waals surface area contributed by atoms with E-state index >= 15 is 0 Å². The van der Waals surface area contributed by atoms with Gasteiger partial charge in [0.2, 0.25) is 0 Å². The van der Waals surface area contributed by atoms with Crippen molar-refractivity contribution in [3.63, 3.8) is 0 Å². The van der Waals surface area contributed by atoms with Crippen molar-refractivity contribution < 1.29 is 17.9 Å². The minimum atomic E-state index is -3.74. The smallest absolute Gasteiger partial charge is 0.264 e. The Morgan fingerprint density at radius 2 is 1.83 bits per heavy atom. The van der Waals surface area contributed by atoms with Crippen molar-refractivity contribution in [1.29, 1.82) is 0 Å². The molecule has 0 bridgehead atoms. The monoisotopic (exact) mass is 431 g/mol. The Balaban J connectivity index is 2.02. The Bertz CT molecular complexity index is 872. The van der Waals surface area contributed by atoms with Gasteiger partial charge in [-0.3, -0.25) is 4.31 Å². The first-order valence-electron chi connectivity index (χ1n) is 7.31. The molecule has 0 spiro atoms. The Kier molecular flexibility index (Phi) is 4.94. The second kappa shape index (κ2) is 6.82. The Morgan fingerprint density at radius 1 is 1.12 bits per heavy atom. The third-order valence-corrected chi connectivity index (χ3v) is 6.71. The third kappa shape index (κ3) is 3.20. The van der Waals surface area contributed by atoms with Crippen LogP contribution in [0.4, 0.5) is 5.69 Å². The maximum atomic E-state index is 13.0. The highest BCUT2D eigenvalue weighted by atomic mass is 79.9. The van der Waals surface area contributed by atoms with E-state index in [4.69, 9.17) is 21.1 Å². The van der Waals surface area contributed by atoms with E-state index in [9.17, 15) is 8.42 Å². The number of sulfonamides is 1. The van der Waals surface area contributed by atoms with Gasteiger partial charge in [-0.2, -0.15) is 0 Å². The topological polar surface area (TPSA) is 55.8 Å². The van der Waals surface area contributed by atoms with Crippen molar-refractivity contribution in [2.75, 3.05) is 24.1 Å². The van der Waals surface area contributed by atoms with Gasteiger partial charge in [-0.1, -0.05) is 11.6 Å². The molecule has 0 aliphatic carbocycles. The first-order chi connectivity index (χ1) is 11.4. The largest absolute Gasteiger partial charge is 0.486 e. The van der Waals surface area contributed by atoms with Crippen LogP contribution in [0.3, 0.4) is 0 Å². The van der Waals surface area contributed by atoms with Crippen molar-refractivity contribution in [1.82, 2.24) is 0 Å². The molecule has 3 rings (SSSR count). The van der Waals surface area contributed by atoms with E-state index in [0.29, 0.717) is 39.9 Å². The van der Waals surface area contributed by atoms with Gasteiger partial charge in [0.25, 0.3) is 10.0 Å². The van der Waals surface area contributed by atoms with Crippen LogP contribution in [0.15, 0.2) is 45.8 Å². The van der Waals surface area contributed by atoms with Crippen LogP contribution in [0.5, 0.6) is 11.5 Å². The fraction of sp³-hybridized carbons (Fsp3) is 0.250. The predicted octanol–water partition coefficient (Wildman–Crippen LogP) is 4.09. The minimum absolute atomic E-state index is 0.146. The van der Waals surface area contributed by atoms with Gasteiger partial charge in [-0.25, -0.2) is 8.42 Å². The van der Waals surface area contributed by atoms with Gasteiger partial charge in [0.15, 0.2) is 11.5 Å². The summed E-state index contributed by atoms with van der Waals surface area (Å²) in [6.45, 7) is 2.90. The summed E-state index contributed by atoms with van der Waals surface area (Å²) in [5, 5.41) is 0.448. The van der Waals surface area contributed by atoms with E-state index in [-0.39, 0.29) is 11.4 Å². The van der Waals surface area contributed by atoms with Crippen molar-refractivity contribution in [2.45, 2.75) is 11.8 Å². The summed E-state index contributed by atoms with van der Waals surface area (Å²) < 4.78 is 39.0. The van der Waals surface area contributed by atoms with Crippen molar-refractivity contribution in [3.05, 3.63) is 45.9 Å². The molecular formula is C16H15BrClNO4S. The van der Waals surface area contributed by atoms with Crippen LogP contribution >= 0.6 is 27.5 Å². The van der Waals surface area contributed by atoms with Crippen LogP contribution in [0.1, 0.15) is 6.92 Å². The van der Waals surface area contributed by atoms with Crippen molar-refractivity contribution in [2.24, 2.45) is 0 Å². The lowest BCUT2D eigenvalue weighted by Crippen LogP contribution is -2.31. The Hall–Kier alpha value is -1.44. The van der Waals surface area contributed by atoms with Crippen LogP contribution in [-0.4, -0.2) is 28.2 Å². The first kappa shape index (κ1) is 17.4. The van der Waals surface area contributed by atoms with Gasteiger partial charge in [-0.05, 0) is 53.2 Å². The molecule has 0 aromatic heterocycles. The number of ether oxygens (including phenoxy) is 2. The normalized spacial score (nSPS) is 13.6. The lowest BCUT2D eigenvalue weighted by molar-refractivity contribution is 0.171. The zero-order valence-electron chi connectivity index (χ0n) is 12.8. The molecule has 0 amide bonds. The zero-order chi connectivity index (χ0) is 17.3. The maximum Gasteiger partial charge on any atom is 0.264 e. The summed E-state index contributed by atoms with van der Waals surface area (Å²) in [5.41, 5.74) is 0.501. The third-order valence-electron chi connectivity index (χ3n) is 3.58. The average molecular weight is 433 g/mol. The molecule has 1 aliphatic rings. The quantitative estimate of drug-likeness (QED) is 0.730. The molecule has 2 aromatic carbocycles. The fourth-order valence-electron chi connectivity index (χ4n) is 2.44. The molecule has 1 heterocycles. The van der Waals surface area contributed by atoms with E-state index < -0.39 is 10.0 Å². The SMILES string of the molecule is CCN(c1ccc(Br)c(Cl)c1)S(=O)(=O)c1ccc2c(c1)OCCO2. The van der Waals surface area contributed by atoms with Gasteiger partial charge in [-0.15, -0.1) is 0 Å². The summed E-state index contributed by atoms with van der Waals surface area (Å²) in [6, 6.07) is 9.67. The molecule has 0 fully saturated rings. The lowest BCUT2D eigenvalue weighted by atomic mass is 10.3. The van der Waals surface area contributed by atoms with Gasteiger partial charge in [0, 0.05) is 17.1 Å². The molecule has 24 heavy (non-hydrogen) atoms. The van der Waals surface area contributed by atoms with E-state index in [1.807, 2.05) is 0 Å². The van der Waals surface area contributed by atoms with Gasteiger partial charge in [0.05, 0.1) is 15.6 Å². The second-order valence-electron chi connectivity index (χ2n) is 5.07. The number of fused-ring (bicyclic) bond motifs is 1. The van der Waals surface area contributed by atoms with E-state index in [1.165, 1.54) is 16.4 Å². The van der Waals surface area contributed by atoms with Crippen LogP contribution in [-0.2, 0) is 10.0 Å². The highest BCUT2D eigenvalue weighted by molar-refractivity contribution is 9.10. The highest BCUT2D eigenvalue weighted by Crippen LogP contribution is 2.35. The summed E-state index contributed by atoms with van der Waals surface area (Å²) in [4.78, 5) is 0.146. The minimum Gasteiger partial charge on any atom is -0.486 e. The fourth-order valence-corrected chi connectivity index (χ4v) is 4.35.